The molecule has 0 saturated heterocycles. The molecule has 10 nitrogen and oxygen atoms in total. The molecule has 232 valence electrons. The van der Waals surface area contributed by atoms with Crippen molar-refractivity contribution in [2.45, 2.75) is 85.0 Å². The van der Waals surface area contributed by atoms with Crippen molar-refractivity contribution in [3.63, 3.8) is 0 Å². The Hall–Kier alpha value is -4.08. The van der Waals surface area contributed by atoms with Crippen molar-refractivity contribution in [3.05, 3.63) is 57.6 Å². The summed E-state index contributed by atoms with van der Waals surface area (Å²) in [6.45, 7) is 5.00. The summed E-state index contributed by atoms with van der Waals surface area (Å²) in [5.74, 6) is -2.04. The second-order valence-corrected chi connectivity index (χ2v) is 11.8. The minimum absolute atomic E-state index is 0.00916. The molecule has 10 heteroatoms. The van der Waals surface area contributed by atoms with Gasteiger partial charge >= 0.3 is 11.9 Å². The van der Waals surface area contributed by atoms with E-state index in [1.807, 2.05) is 12.1 Å². The molecule has 0 saturated carbocycles. The summed E-state index contributed by atoms with van der Waals surface area (Å²) in [5.41, 5.74) is 6.45. The fourth-order valence-electron chi connectivity index (χ4n) is 5.85. The number of ether oxygens (including phenoxy) is 2. The first kappa shape index (κ1) is 31.8. The second-order valence-electron chi connectivity index (χ2n) is 11.8. The predicted octanol–water partition coefficient (Wildman–Crippen LogP) is 4.57. The van der Waals surface area contributed by atoms with Crippen LogP contribution in [-0.4, -0.2) is 58.0 Å². The van der Waals surface area contributed by atoms with E-state index in [2.05, 4.69) is 12.1 Å². The number of fused-ring (bicyclic) bond motifs is 2. The van der Waals surface area contributed by atoms with E-state index < -0.39 is 23.8 Å². The van der Waals surface area contributed by atoms with Crippen LogP contribution in [0.1, 0.15) is 79.3 Å². The standard InChI is InChI=1S/C33H42N2O8/c1-20(32(38)39)10-30(36)34-16-24-12-22(28(42-3)14-26(24)18-34)8-6-5-7-9-23-13-25-17-35(19-27(25)15-29(23)43-4)31(37)11-21(2)33(40)41/h12-15,20-21H,5-11,16-19H2,1-4H3,(H,38,39)(H,40,41)/t20-,21-/m0/s1. The smallest absolute Gasteiger partial charge is 0.306 e. The van der Waals surface area contributed by atoms with Crippen LogP contribution in [0.4, 0.5) is 0 Å². The zero-order chi connectivity index (χ0) is 31.3. The molecule has 4 rings (SSSR count). The summed E-state index contributed by atoms with van der Waals surface area (Å²) in [6.07, 6.45) is 4.59. The molecule has 2 atom stereocenters. The molecule has 2 N–H and O–H groups in total. The third-order valence-electron chi connectivity index (χ3n) is 8.55. The summed E-state index contributed by atoms with van der Waals surface area (Å²) in [6, 6.07) is 8.25. The first-order valence-electron chi connectivity index (χ1n) is 14.9. The maximum absolute atomic E-state index is 12.6. The molecule has 0 aromatic heterocycles. The lowest BCUT2D eigenvalue weighted by Crippen LogP contribution is -2.28. The van der Waals surface area contributed by atoms with E-state index in [0.29, 0.717) is 26.2 Å². The molecular weight excluding hydrogens is 552 g/mol. The highest BCUT2D eigenvalue weighted by Gasteiger charge is 2.29. The summed E-state index contributed by atoms with van der Waals surface area (Å²) in [4.78, 5) is 51.0. The number of aliphatic carboxylic acids is 2. The highest BCUT2D eigenvalue weighted by atomic mass is 16.5. The maximum atomic E-state index is 12.6. The van der Waals surface area contributed by atoms with Gasteiger partial charge in [-0.25, -0.2) is 0 Å². The second kappa shape index (κ2) is 13.9. The summed E-state index contributed by atoms with van der Waals surface area (Å²) >= 11 is 0. The Morgan fingerprint density at radius 1 is 0.651 bits per heavy atom. The Labute approximate surface area is 252 Å². The molecule has 2 heterocycles. The number of carboxylic acid groups (broad SMARTS) is 2. The minimum Gasteiger partial charge on any atom is -0.496 e. The third kappa shape index (κ3) is 7.66. The minimum atomic E-state index is -0.966. The quantitative estimate of drug-likeness (QED) is 0.304. The van der Waals surface area contributed by atoms with Gasteiger partial charge in [-0.1, -0.05) is 20.3 Å². The Bertz CT molecular complexity index is 1280. The Morgan fingerprint density at radius 3 is 1.33 bits per heavy atom. The highest BCUT2D eigenvalue weighted by molar-refractivity contribution is 5.83. The number of methoxy groups -OCH3 is 2. The molecule has 2 aliphatic heterocycles. The molecule has 2 amide bonds. The molecule has 0 spiro atoms. The van der Waals surface area contributed by atoms with E-state index in [-0.39, 0.29) is 24.7 Å². The summed E-state index contributed by atoms with van der Waals surface area (Å²) in [7, 11) is 3.30. The van der Waals surface area contributed by atoms with Gasteiger partial charge < -0.3 is 29.5 Å². The molecule has 0 unspecified atom stereocenters. The number of carboxylic acids is 2. The van der Waals surface area contributed by atoms with Gasteiger partial charge in [-0.15, -0.1) is 0 Å². The fourth-order valence-corrected chi connectivity index (χ4v) is 5.85. The van der Waals surface area contributed by atoms with Gasteiger partial charge in [0.1, 0.15) is 11.5 Å². The van der Waals surface area contributed by atoms with E-state index in [1.54, 1.807) is 37.9 Å². The van der Waals surface area contributed by atoms with Gasteiger partial charge in [0, 0.05) is 39.0 Å². The van der Waals surface area contributed by atoms with E-state index >= 15 is 0 Å². The molecule has 2 aromatic rings. The molecule has 0 aliphatic carbocycles. The van der Waals surface area contributed by atoms with Crippen LogP contribution in [0.25, 0.3) is 0 Å². The Kier molecular flexibility index (Phi) is 10.3. The third-order valence-corrected chi connectivity index (χ3v) is 8.55. The van der Waals surface area contributed by atoms with Crippen LogP contribution in [0.15, 0.2) is 24.3 Å². The van der Waals surface area contributed by atoms with Crippen molar-refractivity contribution >= 4 is 23.8 Å². The van der Waals surface area contributed by atoms with Crippen molar-refractivity contribution in [1.29, 1.82) is 0 Å². The number of hydrogen-bond acceptors (Lipinski definition) is 6. The van der Waals surface area contributed by atoms with Gasteiger partial charge in [-0.3, -0.25) is 19.2 Å². The van der Waals surface area contributed by atoms with Gasteiger partial charge in [0.25, 0.3) is 0 Å². The van der Waals surface area contributed by atoms with Crippen molar-refractivity contribution in [2.24, 2.45) is 11.8 Å². The predicted molar refractivity (Wildman–Crippen MR) is 159 cm³/mol. The first-order valence-corrected chi connectivity index (χ1v) is 14.9. The largest absolute Gasteiger partial charge is 0.496 e. The van der Waals surface area contributed by atoms with Crippen LogP contribution in [0, 0.1) is 11.8 Å². The lowest BCUT2D eigenvalue weighted by Gasteiger charge is -2.16. The molecule has 0 fully saturated rings. The molecule has 0 bridgehead atoms. The van der Waals surface area contributed by atoms with Gasteiger partial charge in [0.2, 0.25) is 11.8 Å². The number of amides is 2. The SMILES string of the molecule is COc1cc2c(cc1CCCCCc1cc3c(cc1OC)CN(C(=O)C[C@H](C)C(=O)O)C3)CN(C(=O)C[C@H](C)C(=O)O)C2. The van der Waals surface area contributed by atoms with Gasteiger partial charge in [0.15, 0.2) is 0 Å². The number of carbonyl (C=O) groups excluding carboxylic acids is 2. The number of benzene rings is 2. The van der Waals surface area contributed by atoms with Crippen LogP contribution in [-0.2, 0) is 58.2 Å². The fraction of sp³-hybridized carbons (Fsp3) is 0.515. The first-order chi connectivity index (χ1) is 20.5. The Balaban J connectivity index is 1.30. The number of hydrogen-bond donors (Lipinski definition) is 2. The number of aryl methyl sites for hydroxylation is 2. The zero-order valence-corrected chi connectivity index (χ0v) is 25.5. The van der Waals surface area contributed by atoms with Crippen LogP contribution in [0.2, 0.25) is 0 Å². The van der Waals surface area contributed by atoms with Crippen molar-refractivity contribution in [2.75, 3.05) is 14.2 Å². The van der Waals surface area contributed by atoms with Gasteiger partial charge in [0.05, 0.1) is 26.1 Å². The van der Waals surface area contributed by atoms with Crippen LogP contribution < -0.4 is 9.47 Å². The summed E-state index contributed by atoms with van der Waals surface area (Å²) in [5, 5.41) is 18.3. The maximum Gasteiger partial charge on any atom is 0.306 e. The highest BCUT2D eigenvalue weighted by Crippen LogP contribution is 2.34. The van der Waals surface area contributed by atoms with E-state index in [0.717, 1.165) is 77.0 Å². The Morgan fingerprint density at radius 2 is 1.00 bits per heavy atom. The lowest BCUT2D eigenvalue weighted by atomic mass is 9.98. The number of unbranched alkanes of at least 4 members (excludes halogenated alkanes) is 2. The summed E-state index contributed by atoms with van der Waals surface area (Å²) < 4.78 is 11.3. The van der Waals surface area contributed by atoms with Crippen molar-refractivity contribution in [3.8, 4) is 11.5 Å². The van der Waals surface area contributed by atoms with Crippen LogP contribution in [0.5, 0.6) is 11.5 Å². The van der Waals surface area contributed by atoms with E-state index in [4.69, 9.17) is 19.7 Å². The normalized spacial score (nSPS) is 15.1. The average Bonchev–Trinajstić information content (AvgIpc) is 3.59. The van der Waals surface area contributed by atoms with Crippen molar-refractivity contribution < 1.29 is 38.9 Å². The average molecular weight is 595 g/mol. The molecule has 2 aliphatic rings. The lowest BCUT2D eigenvalue weighted by molar-refractivity contribution is -0.145. The molecular formula is C33H42N2O8. The van der Waals surface area contributed by atoms with Gasteiger partial charge in [-0.2, -0.15) is 0 Å². The van der Waals surface area contributed by atoms with E-state index in [1.165, 1.54) is 0 Å². The number of carbonyl (C=O) groups is 4. The molecule has 0 radical (unpaired) electrons. The molecule has 2 aromatic carbocycles. The van der Waals surface area contributed by atoms with Crippen LogP contribution in [0.3, 0.4) is 0 Å². The zero-order valence-electron chi connectivity index (χ0n) is 25.5. The monoisotopic (exact) mass is 594 g/mol. The van der Waals surface area contributed by atoms with Crippen molar-refractivity contribution in [1.82, 2.24) is 9.80 Å². The number of rotatable bonds is 14. The van der Waals surface area contributed by atoms with Gasteiger partial charge in [-0.05, 0) is 83.3 Å². The van der Waals surface area contributed by atoms with E-state index in [9.17, 15) is 19.2 Å². The topological polar surface area (TPSA) is 134 Å². The van der Waals surface area contributed by atoms with Crippen LogP contribution >= 0.6 is 0 Å². The molecule has 43 heavy (non-hydrogen) atoms. The number of nitrogens with zero attached hydrogens (tertiary/aromatic N) is 2.